The first-order valence-electron chi connectivity index (χ1n) is 5.42. The van der Waals surface area contributed by atoms with Gasteiger partial charge in [0.05, 0.1) is 6.61 Å². The molecule has 0 radical (unpaired) electrons. The molecule has 2 nitrogen and oxygen atoms in total. The number of aliphatic hydroxyl groups is 1. The molecule has 0 aromatic rings. The van der Waals surface area contributed by atoms with E-state index in [0.717, 1.165) is 12.8 Å². The van der Waals surface area contributed by atoms with Crippen LogP contribution in [0.1, 0.15) is 26.7 Å². The van der Waals surface area contributed by atoms with Gasteiger partial charge in [-0.3, -0.25) is 4.90 Å². The molecule has 16 heavy (non-hydrogen) atoms. The molecule has 0 aliphatic heterocycles. The van der Waals surface area contributed by atoms with Gasteiger partial charge in [0.25, 0.3) is 0 Å². The predicted molar refractivity (Wildman–Crippen MR) is 61.8 cm³/mol. The first-order valence-corrected chi connectivity index (χ1v) is 6.34. The molecule has 0 bridgehead atoms. The maximum absolute atomic E-state index is 12.4. The summed E-state index contributed by atoms with van der Waals surface area (Å²) in [6.45, 7) is 3.93. The van der Waals surface area contributed by atoms with Crippen LogP contribution in [0.25, 0.3) is 0 Å². The van der Waals surface area contributed by atoms with Crippen LogP contribution in [-0.4, -0.2) is 46.7 Å². The lowest BCUT2D eigenvalue weighted by Crippen LogP contribution is -2.44. The molecule has 0 aliphatic rings. The number of aliphatic hydroxyl groups excluding tert-OH is 1. The molecule has 0 aromatic carbocycles. The molecule has 0 aromatic heterocycles. The molecule has 0 spiro atoms. The van der Waals surface area contributed by atoms with E-state index in [1.165, 1.54) is 0 Å². The van der Waals surface area contributed by atoms with Gasteiger partial charge in [-0.1, -0.05) is 29.8 Å². The highest BCUT2D eigenvalue weighted by molar-refractivity contribution is 9.09. The van der Waals surface area contributed by atoms with E-state index in [1.807, 2.05) is 13.8 Å². The van der Waals surface area contributed by atoms with E-state index in [2.05, 4.69) is 15.9 Å². The third-order valence-electron chi connectivity index (χ3n) is 2.60. The number of alkyl halides is 4. The van der Waals surface area contributed by atoms with Crippen LogP contribution in [0.4, 0.5) is 13.2 Å². The second-order valence-electron chi connectivity index (χ2n) is 3.70. The lowest BCUT2D eigenvalue weighted by atomic mass is 10.1. The number of nitrogens with zero attached hydrogens (tertiary/aromatic N) is 1. The Labute approximate surface area is 103 Å². The van der Waals surface area contributed by atoms with Crippen molar-refractivity contribution < 1.29 is 18.3 Å². The van der Waals surface area contributed by atoms with Crippen molar-refractivity contribution in [2.24, 2.45) is 0 Å². The highest BCUT2D eigenvalue weighted by atomic mass is 79.9. The van der Waals surface area contributed by atoms with E-state index < -0.39 is 11.0 Å². The fraction of sp³-hybridized carbons (Fsp3) is 1.00. The van der Waals surface area contributed by atoms with Crippen LogP contribution in [0.15, 0.2) is 0 Å². The molecule has 1 atom stereocenters. The summed E-state index contributed by atoms with van der Waals surface area (Å²) in [7, 11) is 0. The van der Waals surface area contributed by atoms with Crippen molar-refractivity contribution in [3.63, 3.8) is 0 Å². The third-order valence-corrected chi connectivity index (χ3v) is 3.40. The smallest absolute Gasteiger partial charge is 0.395 e. The topological polar surface area (TPSA) is 23.5 Å². The minimum Gasteiger partial charge on any atom is -0.395 e. The number of hydrogen-bond acceptors (Lipinski definition) is 2. The molecule has 1 unspecified atom stereocenters. The van der Waals surface area contributed by atoms with E-state index in [1.54, 1.807) is 4.90 Å². The average Bonchev–Trinajstić information content (AvgIpc) is 2.18. The Kier molecular flexibility index (Phi) is 7.59. The zero-order valence-corrected chi connectivity index (χ0v) is 11.2. The van der Waals surface area contributed by atoms with Gasteiger partial charge in [-0.05, 0) is 12.8 Å². The maximum Gasteiger partial charge on any atom is 0.402 e. The van der Waals surface area contributed by atoms with Crippen molar-refractivity contribution in [2.75, 3.05) is 19.7 Å². The molecular weight excluding hydrogens is 287 g/mol. The SMILES string of the molecule is CCC(CC)N(CCO)CC(Br)C(F)(F)F. The van der Waals surface area contributed by atoms with Crippen LogP contribution in [0.2, 0.25) is 0 Å². The fourth-order valence-corrected chi connectivity index (χ4v) is 2.04. The highest BCUT2D eigenvalue weighted by Crippen LogP contribution is 2.27. The molecule has 0 saturated heterocycles. The van der Waals surface area contributed by atoms with Crippen LogP contribution in [0.3, 0.4) is 0 Å². The maximum atomic E-state index is 12.4. The molecule has 0 fully saturated rings. The van der Waals surface area contributed by atoms with Crippen LogP contribution in [0, 0.1) is 0 Å². The Hall–Kier alpha value is 0.190. The summed E-state index contributed by atoms with van der Waals surface area (Å²) in [4.78, 5) is 0.152. The Bertz CT molecular complexity index is 185. The Morgan fingerprint density at radius 3 is 2.06 bits per heavy atom. The Morgan fingerprint density at radius 1 is 1.25 bits per heavy atom. The molecule has 0 rings (SSSR count). The van der Waals surface area contributed by atoms with Crippen LogP contribution < -0.4 is 0 Å². The second kappa shape index (κ2) is 7.50. The number of halogens is 4. The van der Waals surface area contributed by atoms with Crippen molar-refractivity contribution in [1.82, 2.24) is 4.90 Å². The summed E-state index contributed by atoms with van der Waals surface area (Å²) in [5.74, 6) is 0. The molecular formula is C10H19BrF3NO. The van der Waals surface area contributed by atoms with Crippen LogP contribution in [0.5, 0.6) is 0 Å². The number of hydrogen-bond donors (Lipinski definition) is 1. The summed E-state index contributed by atoms with van der Waals surface area (Å²) in [5, 5.41) is 8.85. The monoisotopic (exact) mass is 305 g/mol. The summed E-state index contributed by atoms with van der Waals surface area (Å²) in [6.07, 6.45) is -2.66. The van der Waals surface area contributed by atoms with E-state index >= 15 is 0 Å². The Morgan fingerprint density at radius 2 is 1.75 bits per heavy atom. The molecule has 0 saturated carbocycles. The van der Waals surface area contributed by atoms with Gasteiger partial charge in [0, 0.05) is 19.1 Å². The summed E-state index contributed by atoms with van der Waals surface area (Å²) < 4.78 is 37.2. The predicted octanol–water partition coefficient (Wildman–Crippen LogP) is 2.80. The van der Waals surface area contributed by atoms with Gasteiger partial charge < -0.3 is 5.11 Å². The van der Waals surface area contributed by atoms with Crippen LogP contribution in [-0.2, 0) is 0 Å². The average molecular weight is 306 g/mol. The quantitative estimate of drug-likeness (QED) is 0.731. The van der Waals surface area contributed by atoms with Crippen molar-refractivity contribution in [1.29, 1.82) is 0 Å². The lowest BCUT2D eigenvalue weighted by molar-refractivity contribution is -0.132. The number of rotatable bonds is 7. The minimum atomic E-state index is -4.24. The largest absolute Gasteiger partial charge is 0.402 e. The van der Waals surface area contributed by atoms with E-state index in [4.69, 9.17) is 5.11 Å². The zero-order chi connectivity index (χ0) is 12.8. The van der Waals surface area contributed by atoms with Gasteiger partial charge in [0.15, 0.2) is 0 Å². The molecule has 98 valence electrons. The summed E-state index contributed by atoms with van der Waals surface area (Å²) in [5.41, 5.74) is 0. The van der Waals surface area contributed by atoms with Gasteiger partial charge in [0.2, 0.25) is 0 Å². The second-order valence-corrected chi connectivity index (χ2v) is 4.80. The van der Waals surface area contributed by atoms with Crippen molar-refractivity contribution >= 4 is 15.9 Å². The van der Waals surface area contributed by atoms with Crippen molar-refractivity contribution in [3.8, 4) is 0 Å². The van der Waals surface area contributed by atoms with E-state index in [0.29, 0.717) is 0 Å². The molecule has 6 heteroatoms. The van der Waals surface area contributed by atoms with Crippen molar-refractivity contribution in [3.05, 3.63) is 0 Å². The zero-order valence-electron chi connectivity index (χ0n) is 9.60. The van der Waals surface area contributed by atoms with Gasteiger partial charge >= 0.3 is 6.18 Å². The molecule has 0 heterocycles. The molecule has 1 N–H and O–H groups in total. The van der Waals surface area contributed by atoms with Gasteiger partial charge in [-0.15, -0.1) is 0 Å². The highest BCUT2D eigenvalue weighted by Gasteiger charge is 2.39. The summed E-state index contributed by atoms with van der Waals surface area (Å²) in [6, 6.07) is 0.0922. The standard InChI is InChI=1S/C10H19BrF3NO/c1-3-8(4-2)15(5-6-16)7-9(11)10(12,13)14/h8-9,16H,3-7H2,1-2H3. The fourth-order valence-electron chi connectivity index (χ4n) is 1.67. The van der Waals surface area contributed by atoms with Crippen molar-refractivity contribution in [2.45, 2.75) is 43.7 Å². The van der Waals surface area contributed by atoms with Crippen LogP contribution >= 0.6 is 15.9 Å². The minimum absolute atomic E-state index is 0.0922. The first kappa shape index (κ1) is 16.2. The first-order chi connectivity index (χ1) is 7.36. The normalized spacial score (nSPS) is 14.8. The Balaban J connectivity index is 4.43. The third kappa shape index (κ3) is 5.50. The van der Waals surface area contributed by atoms with E-state index in [9.17, 15) is 13.2 Å². The lowest BCUT2D eigenvalue weighted by Gasteiger charge is -2.32. The van der Waals surface area contributed by atoms with Gasteiger partial charge in [-0.25, -0.2) is 0 Å². The van der Waals surface area contributed by atoms with Gasteiger partial charge in [0.1, 0.15) is 4.83 Å². The van der Waals surface area contributed by atoms with Gasteiger partial charge in [-0.2, -0.15) is 13.2 Å². The summed E-state index contributed by atoms with van der Waals surface area (Å²) >= 11 is 2.65. The van der Waals surface area contributed by atoms with E-state index in [-0.39, 0.29) is 25.7 Å². The molecule has 0 aliphatic carbocycles. The molecule has 0 amide bonds.